The van der Waals surface area contributed by atoms with Crippen molar-refractivity contribution < 1.29 is 0 Å². The lowest BCUT2D eigenvalue weighted by Crippen LogP contribution is -2.31. The van der Waals surface area contributed by atoms with Crippen molar-refractivity contribution in [3.05, 3.63) is 28.5 Å². The van der Waals surface area contributed by atoms with Gasteiger partial charge in [-0.2, -0.15) is 0 Å². The monoisotopic (exact) mass is 304 g/mol. The third kappa shape index (κ3) is 4.81. The van der Waals surface area contributed by atoms with Crippen LogP contribution in [0.25, 0.3) is 0 Å². The fraction of sp³-hybridized carbons (Fsp3) is 0.583. The van der Waals surface area contributed by atoms with Gasteiger partial charge in [-0.25, -0.2) is 0 Å². The van der Waals surface area contributed by atoms with E-state index in [0.29, 0.717) is 6.04 Å². The highest BCUT2D eigenvalue weighted by Crippen LogP contribution is 2.11. The van der Waals surface area contributed by atoms with Gasteiger partial charge in [0.25, 0.3) is 0 Å². The summed E-state index contributed by atoms with van der Waals surface area (Å²) >= 11 is 9.11. The van der Waals surface area contributed by atoms with Gasteiger partial charge in [-0.1, -0.05) is 0 Å². The van der Waals surface area contributed by atoms with E-state index in [1.807, 2.05) is 12.3 Å². The van der Waals surface area contributed by atoms with E-state index < -0.39 is 0 Å². The molecule has 16 heavy (non-hydrogen) atoms. The summed E-state index contributed by atoms with van der Waals surface area (Å²) in [6.07, 6.45) is 2.87. The van der Waals surface area contributed by atoms with E-state index in [9.17, 15) is 0 Å². The Balaban J connectivity index is 2.57. The van der Waals surface area contributed by atoms with E-state index in [4.69, 9.17) is 11.6 Å². The maximum absolute atomic E-state index is 5.73. The second-order valence-electron chi connectivity index (χ2n) is 4.07. The van der Waals surface area contributed by atoms with Crippen molar-refractivity contribution in [3.63, 3.8) is 0 Å². The number of halogens is 2. The lowest BCUT2D eigenvalue weighted by atomic mass is 10.2. The first-order valence-corrected chi connectivity index (χ1v) is 6.86. The van der Waals surface area contributed by atoms with Gasteiger partial charge in [0.05, 0.1) is 5.69 Å². The predicted octanol–water partition coefficient (Wildman–Crippen LogP) is 3.68. The highest BCUT2D eigenvalue weighted by atomic mass is 79.9. The standard InChI is InChI=1S/C12H18BrClN2/c1-10(2)16(7-3-6-14)9-12-5-4-11(13)8-15-12/h4-5,8,10H,3,6-7,9H2,1-2H3. The number of hydrogen-bond acceptors (Lipinski definition) is 2. The van der Waals surface area contributed by atoms with Crippen LogP contribution in [-0.4, -0.2) is 28.4 Å². The third-order valence-corrected chi connectivity index (χ3v) is 3.20. The van der Waals surface area contributed by atoms with E-state index in [1.54, 1.807) is 0 Å². The first-order chi connectivity index (χ1) is 7.63. The smallest absolute Gasteiger partial charge is 0.0544 e. The van der Waals surface area contributed by atoms with Crippen LogP contribution in [0.2, 0.25) is 0 Å². The van der Waals surface area contributed by atoms with Crippen LogP contribution >= 0.6 is 27.5 Å². The summed E-state index contributed by atoms with van der Waals surface area (Å²) in [5.41, 5.74) is 1.10. The molecule has 0 aromatic carbocycles. The molecule has 0 radical (unpaired) electrons. The maximum Gasteiger partial charge on any atom is 0.0544 e. The van der Waals surface area contributed by atoms with Crippen molar-refractivity contribution in [2.45, 2.75) is 32.9 Å². The second kappa shape index (κ2) is 7.25. The zero-order valence-electron chi connectivity index (χ0n) is 9.79. The molecular weight excluding hydrogens is 288 g/mol. The van der Waals surface area contributed by atoms with Crippen LogP contribution in [0.5, 0.6) is 0 Å². The van der Waals surface area contributed by atoms with E-state index >= 15 is 0 Å². The van der Waals surface area contributed by atoms with Gasteiger partial charge in [0.15, 0.2) is 0 Å². The Morgan fingerprint density at radius 2 is 2.19 bits per heavy atom. The minimum absolute atomic E-state index is 0.522. The van der Waals surface area contributed by atoms with Gasteiger partial charge in [0.2, 0.25) is 0 Å². The Labute approximate surface area is 111 Å². The number of aromatic nitrogens is 1. The Bertz CT molecular complexity index is 300. The minimum Gasteiger partial charge on any atom is -0.295 e. The van der Waals surface area contributed by atoms with Gasteiger partial charge < -0.3 is 0 Å². The molecule has 0 saturated heterocycles. The van der Waals surface area contributed by atoms with Gasteiger partial charge >= 0.3 is 0 Å². The topological polar surface area (TPSA) is 16.1 Å². The van der Waals surface area contributed by atoms with Gasteiger partial charge in [0.1, 0.15) is 0 Å². The Morgan fingerprint density at radius 1 is 1.44 bits per heavy atom. The summed E-state index contributed by atoms with van der Waals surface area (Å²) in [5, 5.41) is 0. The molecular formula is C12H18BrClN2. The molecule has 0 N–H and O–H groups in total. The molecule has 1 aromatic heterocycles. The SMILES string of the molecule is CC(C)N(CCCCl)Cc1ccc(Br)cn1. The van der Waals surface area contributed by atoms with Crippen molar-refractivity contribution in [3.8, 4) is 0 Å². The summed E-state index contributed by atoms with van der Waals surface area (Å²) < 4.78 is 1.02. The molecule has 0 spiro atoms. The second-order valence-corrected chi connectivity index (χ2v) is 5.37. The van der Waals surface area contributed by atoms with Gasteiger partial charge in [-0.3, -0.25) is 9.88 Å². The van der Waals surface area contributed by atoms with E-state index in [1.165, 1.54) is 0 Å². The molecule has 0 bridgehead atoms. The maximum atomic E-state index is 5.73. The van der Waals surface area contributed by atoms with Crippen LogP contribution in [-0.2, 0) is 6.54 Å². The molecule has 2 nitrogen and oxygen atoms in total. The molecule has 0 amide bonds. The van der Waals surface area contributed by atoms with Gasteiger partial charge in [-0.15, -0.1) is 11.6 Å². The first-order valence-electron chi connectivity index (χ1n) is 5.54. The lowest BCUT2D eigenvalue weighted by molar-refractivity contribution is 0.211. The summed E-state index contributed by atoms with van der Waals surface area (Å²) in [4.78, 5) is 6.77. The molecule has 1 aromatic rings. The van der Waals surface area contributed by atoms with Crippen LogP contribution in [0.3, 0.4) is 0 Å². The molecule has 4 heteroatoms. The lowest BCUT2D eigenvalue weighted by Gasteiger charge is -2.25. The molecule has 0 saturated carbocycles. The summed E-state index contributed by atoms with van der Waals surface area (Å²) in [5.74, 6) is 0.719. The molecule has 0 aliphatic heterocycles. The van der Waals surface area contributed by atoms with Crippen molar-refractivity contribution in [2.24, 2.45) is 0 Å². The summed E-state index contributed by atoms with van der Waals surface area (Å²) in [6, 6.07) is 4.61. The van der Waals surface area contributed by atoms with Crippen LogP contribution < -0.4 is 0 Å². The Kier molecular flexibility index (Phi) is 6.32. The number of nitrogens with zero attached hydrogens (tertiary/aromatic N) is 2. The van der Waals surface area contributed by atoms with Crippen LogP contribution in [0.1, 0.15) is 26.0 Å². The summed E-state index contributed by atoms with van der Waals surface area (Å²) in [7, 11) is 0. The predicted molar refractivity (Wildman–Crippen MR) is 72.8 cm³/mol. The van der Waals surface area contributed by atoms with E-state index in [-0.39, 0.29) is 0 Å². The largest absolute Gasteiger partial charge is 0.295 e. The molecule has 0 fully saturated rings. The number of rotatable bonds is 6. The highest BCUT2D eigenvalue weighted by molar-refractivity contribution is 9.10. The fourth-order valence-electron chi connectivity index (χ4n) is 1.49. The molecule has 1 heterocycles. The fourth-order valence-corrected chi connectivity index (χ4v) is 1.84. The van der Waals surface area contributed by atoms with Crippen molar-refractivity contribution in [1.29, 1.82) is 0 Å². The minimum atomic E-state index is 0.522. The molecule has 0 atom stereocenters. The van der Waals surface area contributed by atoms with Crippen LogP contribution in [0, 0.1) is 0 Å². The normalized spacial score (nSPS) is 11.4. The van der Waals surface area contributed by atoms with Crippen molar-refractivity contribution in [2.75, 3.05) is 12.4 Å². The highest BCUT2D eigenvalue weighted by Gasteiger charge is 2.10. The number of pyridine rings is 1. The molecule has 0 aliphatic carbocycles. The van der Waals surface area contributed by atoms with Crippen LogP contribution in [0.15, 0.2) is 22.8 Å². The molecule has 0 unspecified atom stereocenters. The average Bonchev–Trinajstić information content (AvgIpc) is 2.26. The molecule has 1 rings (SSSR count). The molecule has 90 valence electrons. The van der Waals surface area contributed by atoms with Crippen LogP contribution in [0.4, 0.5) is 0 Å². The first kappa shape index (κ1) is 13.9. The number of alkyl halides is 1. The Hall–Kier alpha value is -0.120. The van der Waals surface area contributed by atoms with Crippen molar-refractivity contribution >= 4 is 27.5 Å². The van der Waals surface area contributed by atoms with Gasteiger partial charge in [-0.05, 0) is 54.9 Å². The number of hydrogen-bond donors (Lipinski definition) is 0. The molecule has 0 aliphatic rings. The van der Waals surface area contributed by atoms with Gasteiger partial charge in [0, 0.05) is 29.1 Å². The zero-order chi connectivity index (χ0) is 12.0. The quantitative estimate of drug-likeness (QED) is 0.745. The Morgan fingerprint density at radius 3 is 2.69 bits per heavy atom. The summed E-state index contributed by atoms with van der Waals surface area (Å²) in [6.45, 7) is 6.32. The average molecular weight is 306 g/mol. The van der Waals surface area contributed by atoms with E-state index in [2.05, 4.69) is 45.7 Å². The third-order valence-electron chi connectivity index (χ3n) is 2.46. The zero-order valence-corrected chi connectivity index (χ0v) is 12.1. The van der Waals surface area contributed by atoms with Crippen molar-refractivity contribution in [1.82, 2.24) is 9.88 Å². The van der Waals surface area contributed by atoms with E-state index in [0.717, 1.165) is 35.6 Å².